The lowest BCUT2D eigenvalue weighted by Crippen LogP contribution is -2.47. The quantitative estimate of drug-likeness (QED) is 0.854. The van der Waals surface area contributed by atoms with Crippen molar-refractivity contribution in [2.45, 2.75) is 32.7 Å². The highest BCUT2D eigenvalue weighted by molar-refractivity contribution is 5.98. The molecule has 1 aliphatic heterocycles. The van der Waals surface area contributed by atoms with Crippen molar-refractivity contribution in [3.8, 4) is 6.07 Å². The predicted octanol–water partition coefficient (Wildman–Crippen LogP) is 2.03. The van der Waals surface area contributed by atoms with E-state index in [4.69, 9.17) is 5.26 Å². The number of benzene rings is 1. The first-order chi connectivity index (χ1) is 10.6. The number of likely N-dealkylation sites (tertiary alicyclic amines) is 1. The van der Waals surface area contributed by atoms with Gasteiger partial charge in [-0.1, -0.05) is 0 Å². The van der Waals surface area contributed by atoms with Crippen molar-refractivity contribution < 1.29 is 9.59 Å². The van der Waals surface area contributed by atoms with Crippen molar-refractivity contribution in [3.63, 3.8) is 0 Å². The van der Waals surface area contributed by atoms with Crippen LogP contribution in [0.4, 0.5) is 0 Å². The predicted molar refractivity (Wildman–Crippen MR) is 83.1 cm³/mol. The molecule has 0 spiro atoms. The van der Waals surface area contributed by atoms with Gasteiger partial charge in [-0.15, -0.1) is 0 Å². The van der Waals surface area contributed by atoms with Crippen LogP contribution >= 0.6 is 0 Å². The summed E-state index contributed by atoms with van der Waals surface area (Å²) in [4.78, 5) is 28.6. The van der Waals surface area contributed by atoms with Crippen LogP contribution in [-0.2, 0) is 4.79 Å². The highest BCUT2D eigenvalue weighted by Crippen LogP contribution is 2.22. The Balaban J connectivity index is 2.17. The van der Waals surface area contributed by atoms with Gasteiger partial charge in [0.25, 0.3) is 5.91 Å². The van der Waals surface area contributed by atoms with Gasteiger partial charge < -0.3 is 9.80 Å². The first kappa shape index (κ1) is 16.0. The molecule has 1 atom stereocenters. The largest absolute Gasteiger partial charge is 0.341 e. The van der Waals surface area contributed by atoms with E-state index in [1.165, 1.54) is 0 Å². The zero-order valence-corrected chi connectivity index (χ0v) is 13.1. The standard InChI is InChI=1S/C17H21N3O2/c1-3-19(4-2)17(22)15-6-5-11-20(15)16(21)14-9-7-13(12-18)8-10-14/h7-10,15H,3-6,11H2,1-2H3/t15-/m1/s1. The summed E-state index contributed by atoms with van der Waals surface area (Å²) in [5.74, 6) is -0.100. The van der Waals surface area contributed by atoms with Crippen LogP contribution < -0.4 is 0 Å². The second-order valence-corrected chi connectivity index (χ2v) is 5.36. The van der Waals surface area contributed by atoms with Crippen LogP contribution in [0, 0.1) is 11.3 Å². The molecule has 1 aromatic carbocycles. The van der Waals surface area contributed by atoms with Crippen LogP contribution in [0.5, 0.6) is 0 Å². The van der Waals surface area contributed by atoms with E-state index in [9.17, 15) is 9.59 Å². The Morgan fingerprint density at radius 2 is 1.91 bits per heavy atom. The fourth-order valence-electron chi connectivity index (χ4n) is 2.87. The van der Waals surface area contributed by atoms with Gasteiger partial charge in [-0.25, -0.2) is 0 Å². The summed E-state index contributed by atoms with van der Waals surface area (Å²) in [5.41, 5.74) is 1.05. The maximum Gasteiger partial charge on any atom is 0.254 e. The Morgan fingerprint density at radius 3 is 2.45 bits per heavy atom. The van der Waals surface area contributed by atoms with E-state index >= 15 is 0 Å². The van der Waals surface area contributed by atoms with E-state index in [0.717, 1.165) is 12.8 Å². The molecule has 22 heavy (non-hydrogen) atoms. The minimum atomic E-state index is -0.358. The summed E-state index contributed by atoms with van der Waals surface area (Å²) in [6, 6.07) is 8.24. The Kier molecular flexibility index (Phi) is 5.16. The SMILES string of the molecule is CCN(CC)C(=O)[C@H]1CCCN1C(=O)c1ccc(C#N)cc1. The number of rotatable bonds is 4. The van der Waals surface area contributed by atoms with Crippen molar-refractivity contribution in [1.82, 2.24) is 9.80 Å². The first-order valence-corrected chi connectivity index (χ1v) is 7.72. The molecule has 0 aromatic heterocycles. The Morgan fingerprint density at radius 1 is 1.27 bits per heavy atom. The van der Waals surface area contributed by atoms with Gasteiger partial charge in [0.2, 0.25) is 5.91 Å². The molecular weight excluding hydrogens is 278 g/mol. The van der Waals surface area contributed by atoms with Gasteiger partial charge in [-0.3, -0.25) is 9.59 Å². The maximum atomic E-state index is 12.6. The molecule has 0 unspecified atom stereocenters. The number of nitriles is 1. The van der Waals surface area contributed by atoms with Crippen molar-refractivity contribution in [1.29, 1.82) is 5.26 Å². The van der Waals surface area contributed by atoms with Crippen LogP contribution in [-0.4, -0.2) is 47.3 Å². The molecule has 1 aromatic rings. The number of hydrogen-bond acceptors (Lipinski definition) is 3. The average molecular weight is 299 g/mol. The lowest BCUT2D eigenvalue weighted by molar-refractivity contribution is -0.134. The molecule has 0 saturated carbocycles. The van der Waals surface area contributed by atoms with Crippen molar-refractivity contribution in [2.75, 3.05) is 19.6 Å². The number of carbonyl (C=O) groups excluding carboxylic acids is 2. The molecule has 1 saturated heterocycles. The first-order valence-electron chi connectivity index (χ1n) is 7.72. The fourth-order valence-corrected chi connectivity index (χ4v) is 2.87. The topological polar surface area (TPSA) is 64.4 Å². The Labute approximate surface area is 131 Å². The molecule has 0 N–H and O–H groups in total. The summed E-state index contributed by atoms with van der Waals surface area (Å²) in [7, 11) is 0. The van der Waals surface area contributed by atoms with Gasteiger partial charge in [-0.05, 0) is 51.0 Å². The minimum Gasteiger partial charge on any atom is -0.341 e. The number of hydrogen-bond donors (Lipinski definition) is 0. The lowest BCUT2D eigenvalue weighted by atomic mass is 10.1. The van der Waals surface area contributed by atoms with Gasteiger partial charge >= 0.3 is 0 Å². The van der Waals surface area contributed by atoms with E-state index in [2.05, 4.69) is 0 Å². The van der Waals surface area contributed by atoms with E-state index in [-0.39, 0.29) is 17.9 Å². The normalized spacial score (nSPS) is 17.1. The molecule has 5 nitrogen and oxygen atoms in total. The number of nitrogens with zero attached hydrogens (tertiary/aromatic N) is 3. The van der Waals surface area contributed by atoms with Crippen LogP contribution in [0.25, 0.3) is 0 Å². The van der Waals surface area contributed by atoms with Crippen molar-refractivity contribution >= 4 is 11.8 Å². The highest BCUT2D eigenvalue weighted by Gasteiger charge is 2.36. The smallest absolute Gasteiger partial charge is 0.254 e. The lowest BCUT2D eigenvalue weighted by Gasteiger charge is -2.29. The summed E-state index contributed by atoms with van der Waals surface area (Å²) < 4.78 is 0. The maximum absolute atomic E-state index is 12.6. The number of amides is 2. The third-order valence-corrected chi connectivity index (χ3v) is 4.13. The third kappa shape index (κ3) is 3.11. The van der Waals surface area contributed by atoms with Crippen molar-refractivity contribution in [2.24, 2.45) is 0 Å². The molecule has 1 heterocycles. The summed E-state index contributed by atoms with van der Waals surface area (Å²) in [5, 5.41) is 8.81. The molecule has 116 valence electrons. The monoisotopic (exact) mass is 299 g/mol. The van der Waals surface area contributed by atoms with Crippen LogP contribution in [0.3, 0.4) is 0 Å². The molecule has 0 aliphatic carbocycles. The number of carbonyl (C=O) groups is 2. The molecule has 1 fully saturated rings. The third-order valence-electron chi connectivity index (χ3n) is 4.13. The van der Waals surface area contributed by atoms with Gasteiger partial charge in [0.1, 0.15) is 6.04 Å². The van der Waals surface area contributed by atoms with E-state index < -0.39 is 0 Å². The second kappa shape index (κ2) is 7.08. The molecule has 2 amide bonds. The summed E-state index contributed by atoms with van der Waals surface area (Å²) in [6.07, 6.45) is 1.57. The molecule has 5 heteroatoms. The Bertz CT molecular complexity index is 585. The summed E-state index contributed by atoms with van der Waals surface area (Å²) in [6.45, 7) is 5.82. The summed E-state index contributed by atoms with van der Waals surface area (Å²) >= 11 is 0. The van der Waals surface area contributed by atoms with Crippen LogP contribution in [0.2, 0.25) is 0 Å². The zero-order valence-electron chi connectivity index (χ0n) is 13.1. The highest BCUT2D eigenvalue weighted by atomic mass is 16.2. The van der Waals surface area contributed by atoms with Gasteiger partial charge in [0.05, 0.1) is 11.6 Å². The van der Waals surface area contributed by atoms with E-state index in [0.29, 0.717) is 30.8 Å². The molecule has 0 bridgehead atoms. The van der Waals surface area contributed by atoms with Crippen LogP contribution in [0.15, 0.2) is 24.3 Å². The molecule has 2 rings (SSSR count). The Hall–Kier alpha value is -2.35. The van der Waals surface area contributed by atoms with E-state index in [1.54, 1.807) is 34.1 Å². The second-order valence-electron chi connectivity index (χ2n) is 5.36. The zero-order chi connectivity index (χ0) is 16.1. The minimum absolute atomic E-state index is 0.0319. The average Bonchev–Trinajstić information content (AvgIpc) is 3.04. The number of likely N-dealkylation sites (N-methyl/N-ethyl adjacent to an activating group) is 1. The molecule has 0 radical (unpaired) electrons. The molecular formula is C17H21N3O2. The van der Waals surface area contributed by atoms with Crippen molar-refractivity contribution in [3.05, 3.63) is 35.4 Å². The van der Waals surface area contributed by atoms with E-state index in [1.807, 2.05) is 19.9 Å². The van der Waals surface area contributed by atoms with Gasteiger partial charge in [0.15, 0.2) is 0 Å². The van der Waals surface area contributed by atoms with Gasteiger partial charge in [0, 0.05) is 25.2 Å². The van der Waals surface area contributed by atoms with Crippen LogP contribution in [0.1, 0.15) is 42.6 Å². The fraction of sp³-hybridized carbons (Fsp3) is 0.471. The molecule has 1 aliphatic rings. The van der Waals surface area contributed by atoms with Gasteiger partial charge in [-0.2, -0.15) is 5.26 Å².